The minimum absolute atomic E-state index is 0.558. The molecule has 0 amide bonds. The minimum Gasteiger partial charge on any atom is -0.475 e. The van der Waals surface area contributed by atoms with Gasteiger partial charge < -0.3 is 15.0 Å². The van der Waals surface area contributed by atoms with Crippen LogP contribution in [-0.2, 0) is 11.3 Å². The van der Waals surface area contributed by atoms with Crippen molar-refractivity contribution in [1.82, 2.24) is 9.97 Å². The Morgan fingerprint density at radius 2 is 2.29 bits per heavy atom. The van der Waals surface area contributed by atoms with Gasteiger partial charge in [0.25, 0.3) is 0 Å². The molecule has 0 saturated heterocycles. The predicted octanol–water partition coefficient (Wildman–Crippen LogP) is 2.80. The maximum atomic E-state index is 5.37. The first kappa shape index (κ1) is 9.96. The maximum absolute atomic E-state index is 5.37. The summed E-state index contributed by atoms with van der Waals surface area (Å²) in [6.07, 6.45) is 1.84. The summed E-state index contributed by atoms with van der Waals surface area (Å²) in [5, 5.41) is 3.10. The Balaban J connectivity index is 2.01. The molecule has 3 rings (SSSR count). The third-order valence-corrected chi connectivity index (χ3v) is 2.80. The maximum Gasteiger partial charge on any atom is 0.184 e. The molecule has 1 aliphatic heterocycles. The number of benzene rings is 1. The van der Waals surface area contributed by atoms with Crippen LogP contribution in [0.4, 0.5) is 5.69 Å². The van der Waals surface area contributed by atoms with E-state index in [1.165, 1.54) is 0 Å². The number of hydrogen-bond acceptors (Lipinski definition) is 3. The third kappa shape index (κ3) is 1.78. The summed E-state index contributed by atoms with van der Waals surface area (Å²) in [6, 6.07) is 6.19. The zero-order valence-electron chi connectivity index (χ0n) is 9.58. The molecule has 86 valence electrons. The summed E-state index contributed by atoms with van der Waals surface area (Å²) in [7, 11) is 0. The van der Waals surface area contributed by atoms with Crippen LogP contribution in [0.15, 0.2) is 36.9 Å². The van der Waals surface area contributed by atoms with Gasteiger partial charge in [-0.15, -0.1) is 0 Å². The molecule has 1 aromatic carbocycles. The molecule has 4 heteroatoms. The second-order valence-corrected chi connectivity index (χ2v) is 4.09. The topological polar surface area (TPSA) is 49.9 Å². The fraction of sp³-hybridized carbons (Fsp3) is 0.154. The highest BCUT2D eigenvalue weighted by atomic mass is 16.5. The lowest BCUT2D eigenvalue weighted by Gasteiger charge is -2.21. The normalized spacial score (nSPS) is 13.8. The molecule has 0 fully saturated rings. The van der Waals surface area contributed by atoms with Crippen LogP contribution in [-0.4, -0.2) is 9.97 Å². The molecular formula is C13H13N3O. The molecule has 0 saturated carbocycles. The number of nitrogens with zero attached hydrogens (tertiary/aromatic N) is 1. The van der Waals surface area contributed by atoms with Crippen LogP contribution in [0.1, 0.15) is 11.4 Å². The number of aromatic nitrogens is 2. The minimum atomic E-state index is 0.558. The first-order valence-corrected chi connectivity index (χ1v) is 5.46. The number of hydrogen-bond donors (Lipinski definition) is 2. The molecule has 2 N–H and O–H groups in total. The first-order valence-electron chi connectivity index (χ1n) is 5.46. The lowest BCUT2D eigenvalue weighted by molar-refractivity contribution is 0.198. The second kappa shape index (κ2) is 3.66. The van der Waals surface area contributed by atoms with Gasteiger partial charge in [-0.3, -0.25) is 0 Å². The van der Waals surface area contributed by atoms with Crippen molar-refractivity contribution in [3.8, 4) is 11.3 Å². The van der Waals surface area contributed by atoms with Crippen LogP contribution in [0, 0.1) is 6.92 Å². The number of anilines is 1. The Kier molecular flexibility index (Phi) is 2.14. The highest BCUT2D eigenvalue weighted by Gasteiger charge is 2.13. The van der Waals surface area contributed by atoms with Crippen LogP contribution in [0.2, 0.25) is 0 Å². The van der Waals surface area contributed by atoms with Crippen molar-refractivity contribution in [1.29, 1.82) is 0 Å². The van der Waals surface area contributed by atoms with E-state index < -0.39 is 0 Å². The van der Waals surface area contributed by atoms with Crippen molar-refractivity contribution in [2.45, 2.75) is 13.5 Å². The Morgan fingerprint density at radius 3 is 3.06 bits per heavy atom. The van der Waals surface area contributed by atoms with Gasteiger partial charge in [0.05, 0.1) is 11.9 Å². The van der Waals surface area contributed by atoms with Crippen LogP contribution < -0.4 is 5.32 Å². The quantitative estimate of drug-likeness (QED) is 0.787. The van der Waals surface area contributed by atoms with E-state index in [1.54, 1.807) is 0 Å². The van der Waals surface area contributed by atoms with Gasteiger partial charge in [0.1, 0.15) is 12.4 Å². The van der Waals surface area contributed by atoms with Crippen LogP contribution in [0.5, 0.6) is 0 Å². The number of nitrogens with one attached hydrogen (secondary N) is 2. The van der Waals surface area contributed by atoms with Crippen LogP contribution in [0.25, 0.3) is 11.3 Å². The van der Waals surface area contributed by atoms with Crippen molar-refractivity contribution in [3.63, 3.8) is 0 Å². The van der Waals surface area contributed by atoms with Gasteiger partial charge in [0, 0.05) is 16.8 Å². The molecular weight excluding hydrogens is 214 g/mol. The fourth-order valence-electron chi connectivity index (χ4n) is 1.92. The number of imidazole rings is 1. The number of ether oxygens (including phenoxy) is 1. The largest absolute Gasteiger partial charge is 0.475 e. The summed E-state index contributed by atoms with van der Waals surface area (Å²) in [4.78, 5) is 7.42. The van der Waals surface area contributed by atoms with E-state index in [0.29, 0.717) is 12.5 Å². The molecule has 0 radical (unpaired) electrons. The summed E-state index contributed by atoms with van der Waals surface area (Å²) in [6.45, 7) is 6.25. The van der Waals surface area contributed by atoms with E-state index >= 15 is 0 Å². The van der Waals surface area contributed by atoms with E-state index in [4.69, 9.17) is 4.74 Å². The van der Waals surface area contributed by atoms with E-state index in [1.807, 2.05) is 19.2 Å². The van der Waals surface area contributed by atoms with E-state index in [2.05, 4.69) is 34.0 Å². The standard InChI is InChI=1S/C13H13N3O/c1-8-14-6-13(15-8)10-3-4-12-11(5-10)7-17-9(2)16-12/h3-6,16H,2,7H2,1H3,(H,14,15). The zero-order valence-corrected chi connectivity index (χ0v) is 9.58. The van der Waals surface area contributed by atoms with Crippen LogP contribution >= 0.6 is 0 Å². The summed E-state index contributed by atoms with van der Waals surface area (Å²) >= 11 is 0. The van der Waals surface area contributed by atoms with Gasteiger partial charge >= 0.3 is 0 Å². The van der Waals surface area contributed by atoms with Gasteiger partial charge in [-0.05, 0) is 25.6 Å². The molecule has 0 atom stereocenters. The Labute approximate surface area is 99.3 Å². The van der Waals surface area contributed by atoms with Gasteiger partial charge in [0.15, 0.2) is 5.88 Å². The lowest BCUT2D eigenvalue weighted by atomic mass is 10.1. The number of aromatic amines is 1. The SMILES string of the molecule is C=C1Nc2ccc(-c3cnc(C)[nH]3)cc2CO1. The summed E-state index contributed by atoms with van der Waals surface area (Å²) < 4.78 is 5.37. The molecule has 1 aromatic heterocycles. The van der Waals surface area contributed by atoms with Crippen molar-refractivity contribution >= 4 is 5.69 Å². The van der Waals surface area contributed by atoms with Gasteiger partial charge in [-0.2, -0.15) is 0 Å². The fourth-order valence-corrected chi connectivity index (χ4v) is 1.92. The second-order valence-electron chi connectivity index (χ2n) is 4.09. The van der Waals surface area contributed by atoms with E-state index in [-0.39, 0.29) is 0 Å². The van der Waals surface area contributed by atoms with Gasteiger partial charge in [-0.25, -0.2) is 4.98 Å². The molecule has 4 nitrogen and oxygen atoms in total. The van der Waals surface area contributed by atoms with Gasteiger partial charge in [-0.1, -0.05) is 6.07 Å². The lowest BCUT2D eigenvalue weighted by Crippen LogP contribution is -2.11. The summed E-state index contributed by atoms with van der Waals surface area (Å²) in [5.41, 5.74) is 4.32. The van der Waals surface area contributed by atoms with Crippen molar-refractivity contribution < 1.29 is 4.74 Å². The Morgan fingerprint density at radius 1 is 1.41 bits per heavy atom. The molecule has 0 unspecified atom stereocenters. The first-order chi connectivity index (χ1) is 8.22. The van der Waals surface area contributed by atoms with Crippen LogP contribution in [0.3, 0.4) is 0 Å². The molecule has 2 aromatic rings. The molecule has 1 aliphatic rings. The Bertz CT molecular complexity index is 586. The van der Waals surface area contributed by atoms with Crippen molar-refractivity contribution in [3.05, 3.63) is 48.2 Å². The van der Waals surface area contributed by atoms with E-state index in [0.717, 1.165) is 28.3 Å². The van der Waals surface area contributed by atoms with Crippen molar-refractivity contribution in [2.75, 3.05) is 5.32 Å². The monoisotopic (exact) mass is 227 g/mol. The predicted molar refractivity (Wildman–Crippen MR) is 66.3 cm³/mol. The average Bonchev–Trinajstić information content (AvgIpc) is 2.75. The highest BCUT2D eigenvalue weighted by Crippen LogP contribution is 2.28. The molecule has 0 bridgehead atoms. The number of fused-ring (bicyclic) bond motifs is 1. The molecule has 0 spiro atoms. The Hall–Kier alpha value is -2.23. The number of rotatable bonds is 1. The average molecular weight is 227 g/mol. The third-order valence-electron chi connectivity index (χ3n) is 2.80. The molecule has 17 heavy (non-hydrogen) atoms. The van der Waals surface area contributed by atoms with Gasteiger partial charge in [0.2, 0.25) is 0 Å². The summed E-state index contributed by atoms with van der Waals surface area (Å²) in [5.74, 6) is 1.52. The smallest absolute Gasteiger partial charge is 0.184 e. The highest BCUT2D eigenvalue weighted by molar-refractivity contribution is 5.67. The molecule has 2 heterocycles. The van der Waals surface area contributed by atoms with E-state index in [9.17, 15) is 0 Å². The number of aryl methyl sites for hydroxylation is 1. The molecule has 0 aliphatic carbocycles. The number of H-pyrrole nitrogens is 1. The zero-order chi connectivity index (χ0) is 11.8. The van der Waals surface area contributed by atoms with Crippen molar-refractivity contribution in [2.24, 2.45) is 0 Å².